The lowest BCUT2D eigenvalue weighted by Gasteiger charge is -2.43. The Balaban J connectivity index is 1.43. The van der Waals surface area contributed by atoms with Crippen LogP contribution in [-0.2, 0) is 16.0 Å². The minimum Gasteiger partial charge on any atom is -0.482 e. The van der Waals surface area contributed by atoms with Crippen molar-refractivity contribution in [3.8, 4) is 5.75 Å². The SMILES string of the molecule is O=C(NCCO)C1=C[C@H](Oc2ccccc2I)[C@@H](O)[C@H](N(CCc2cc3ccccc3[nH]2)C(=O)C2CCC2)C1. The van der Waals surface area contributed by atoms with Crippen molar-refractivity contribution in [3.05, 3.63) is 75.5 Å². The van der Waals surface area contributed by atoms with Gasteiger partial charge >= 0.3 is 0 Å². The molecule has 0 aliphatic heterocycles. The summed E-state index contributed by atoms with van der Waals surface area (Å²) in [5, 5.41) is 24.7. The Hall–Kier alpha value is -2.89. The van der Waals surface area contributed by atoms with Crippen molar-refractivity contribution in [2.24, 2.45) is 5.92 Å². The molecule has 2 amide bonds. The maximum absolute atomic E-state index is 13.7. The molecule has 4 N–H and O–H groups in total. The molecule has 3 atom stereocenters. The van der Waals surface area contributed by atoms with Gasteiger partial charge in [0.05, 0.1) is 16.2 Å². The van der Waals surface area contributed by atoms with Crippen LogP contribution in [-0.4, -0.2) is 69.9 Å². The number of para-hydroxylation sites is 2. The summed E-state index contributed by atoms with van der Waals surface area (Å²) in [5.41, 5.74) is 2.49. The van der Waals surface area contributed by atoms with E-state index in [9.17, 15) is 19.8 Å². The average molecular weight is 644 g/mol. The summed E-state index contributed by atoms with van der Waals surface area (Å²) in [5.74, 6) is 0.228. The fourth-order valence-electron chi connectivity index (χ4n) is 5.30. The van der Waals surface area contributed by atoms with Gasteiger partial charge in [0, 0.05) is 48.6 Å². The zero-order valence-electron chi connectivity index (χ0n) is 21.7. The van der Waals surface area contributed by atoms with Crippen LogP contribution in [0.2, 0.25) is 0 Å². The van der Waals surface area contributed by atoms with Gasteiger partial charge in [-0.15, -0.1) is 0 Å². The molecule has 0 bridgehead atoms. The third-order valence-electron chi connectivity index (χ3n) is 7.66. The molecule has 3 aromatic rings. The molecule has 0 saturated heterocycles. The standard InChI is InChI=1S/C30H34IN3O5/c31-23-9-2-4-11-26(23)39-27-18-21(29(37)32-13-15-35)17-25(28(27)36)34(30(38)19-7-5-8-19)14-12-22-16-20-6-1-3-10-24(20)33-22/h1-4,6,9-11,16,18-19,25,27-28,33,35-36H,5,7-8,12-15,17H2,(H,32,37)/t25-,27+,28+/m1/s1. The van der Waals surface area contributed by atoms with E-state index in [0.717, 1.165) is 39.4 Å². The molecule has 1 fully saturated rings. The smallest absolute Gasteiger partial charge is 0.247 e. The minimum absolute atomic E-state index is 0.0199. The van der Waals surface area contributed by atoms with Crippen molar-refractivity contribution in [2.45, 2.75) is 50.4 Å². The number of aliphatic hydroxyl groups is 2. The number of carbonyl (C=O) groups excluding carboxylic acids is 2. The number of ether oxygens (including phenoxy) is 1. The summed E-state index contributed by atoms with van der Waals surface area (Å²) >= 11 is 2.17. The molecule has 0 radical (unpaired) electrons. The number of H-pyrrole nitrogens is 1. The molecule has 2 aliphatic rings. The van der Waals surface area contributed by atoms with Gasteiger partial charge in [-0.25, -0.2) is 0 Å². The molecule has 2 aromatic carbocycles. The van der Waals surface area contributed by atoms with Crippen molar-refractivity contribution in [1.82, 2.24) is 15.2 Å². The monoisotopic (exact) mass is 643 g/mol. The molecule has 9 heteroatoms. The van der Waals surface area contributed by atoms with E-state index >= 15 is 0 Å². The first-order valence-electron chi connectivity index (χ1n) is 13.5. The van der Waals surface area contributed by atoms with E-state index in [2.05, 4.69) is 39.0 Å². The Morgan fingerprint density at radius 3 is 2.62 bits per heavy atom. The number of halogens is 1. The zero-order valence-corrected chi connectivity index (χ0v) is 23.8. The molecule has 39 heavy (non-hydrogen) atoms. The summed E-state index contributed by atoms with van der Waals surface area (Å²) < 4.78 is 7.12. The molecule has 0 unspecified atom stereocenters. The van der Waals surface area contributed by atoms with Crippen LogP contribution in [0, 0.1) is 9.49 Å². The quantitative estimate of drug-likeness (QED) is 0.253. The fourth-order valence-corrected chi connectivity index (χ4v) is 5.82. The summed E-state index contributed by atoms with van der Waals surface area (Å²) in [4.78, 5) is 32.0. The summed E-state index contributed by atoms with van der Waals surface area (Å²) in [6.45, 7) is 0.353. The van der Waals surface area contributed by atoms with Crippen molar-refractivity contribution in [2.75, 3.05) is 19.7 Å². The van der Waals surface area contributed by atoms with Crippen LogP contribution in [0.1, 0.15) is 31.4 Å². The highest BCUT2D eigenvalue weighted by molar-refractivity contribution is 14.1. The van der Waals surface area contributed by atoms with Crippen LogP contribution >= 0.6 is 22.6 Å². The number of benzene rings is 2. The number of hydrogen-bond donors (Lipinski definition) is 4. The minimum atomic E-state index is -1.03. The first kappa shape index (κ1) is 27.7. The molecule has 0 spiro atoms. The molecule has 2 aliphatic carbocycles. The average Bonchev–Trinajstić information content (AvgIpc) is 3.32. The maximum atomic E-state index is 13.7. The largest absolute Gasteiger partial charge is 0.482 e. The molecule has 1 aromatic heterocycles. The number of aromatic amines is 1. The molecule has 1 heterocycles. The first-order chi connectivity index (χ1) is 18.9. The van der Waals surface area contributed by atoms with Crippen molar-refractivity contribution >= 4 is 45.3 Å². The lowest BCUT2D eigenvalue weighted by atomic mass is 9.82. The van der Waals surface area contributed by atoms with Gasteiger partial charge in [0.2, 0.25) is 11.8 Å². The van der Waals surface area contributed by atoms with Crippen LogP contribution in [0.4, 0.5) is 0 Å². The highest BCUT2D eigenvalue weighted by atomic mass is 127. The van der Waals surface area contributed by atoms with Gasteiger partial charge in [-0.05, 0) is 71.2 Å². The molecule has 8 nitrogen and oxygen atoms in total. The molecule has 206 valence electrons. The van der Waals surface area contributed by atoms with Crippen LogP contribution in [0.3, 0.4) is 0 Å². The third kappa shape index (κ3) is 6.31. The fraction of sp³-hybridized carbons (Fsp3) is 0.400. The van der Waals surface area contributed by atoms with Gasteiger partial charge in [-0.1, -0.05) is 36.8 Å². The normalized spacial score (nSPS) is 21.2. The second-order valence-corrected chi connectivity index (χ2v) is 11.4. The van der Waals surface area contributed by atoms with Crippen LogP contribution in [0.25, 0.3) is 10.9 Å². The first-order valence-corrected chi connectivity index (χ1v) is 14.6. The molecule has 1 saturated carbocycles. The Labute approximate surface area is 241 Å². The highest BCUT2D eigenvalue weighted by Crippen LogP contribution is 2.34. The number of aliphatic hydroxyl groups excluding tert-OH is 2. The zero-order chi connectivity index (χ0) is 27.4. The second kappa shape index (κ2) is 12.5. The van der Waals surface area contributed by atoms with Crippen LogP contribution in [0.15, 0.2) is 66.2 Å². The maximum Gasteiger partial charge on any atom is 0.247 e. The predicted octanol–water partition coefficient (Wildman–Crippen LogP) is 3.56. The van der Waals surface area contributed by atoms with Gasteiger partial charge in [-0.3, -0.25) is 9.59 Å². The van der Waals surface area contributed by atoms with E-state index in [1.807, 2.05) is 48.5 Å². The van der Waals surface area contributed by atoms with E-state index < -0.39 is 18.2 Å². The summed E-state index contributed by atoms with van der Waals surface area (Å²) in [6.07, 6.45) is 3.30. The molecule has 5 rings (SSSR count). The summed E-state index contributed by atoms with van der Waals surface area (Å²) in [6, 6.07) is 17.0. The number of hydrogen-bond acceptors (Lipinski definition) is 5. The lowest BCUT2D eigenvalue weighted by Crippen LogP contribution is -2.57. The van der Waals surface area contributed by atoms with E-state index in [4.69, 9.17) is 4.74 Å². The number of amides is 2. The number of nitrogens with one attached hydrogen (secondary N) is 2. The van der Waals surface area contributed by atoms with Crippen molar-refractivity contribution < 1.29 is 24.5 Å². The van der Waals surface area contributed by atoms with Crippen molar-refractivity contribution in [3.63, 3.8) is 0 Å². The van der Waals surface area contributed by atoms with E-state index in [1.165, 1.54) is 0 Å². The van der Waals surface area contributed by atoms with Gasteiger partial charge in [0.15, 0.2) is 0 Å². The Morgan fingerprint density at radius 2 is 1.90 bits per heavy atom. The number of nitrogens with zero attached hydrogens (tertiary/aromatic N) is 1. The Kier molecular flexibility index (Phi) is 8.89. The van der Waals surface area contributed by atoms with E-state index in [1.54, 1.807) is 11.0 Å². The molecular weight excluding hydrogens is 609 g/mol. The topological polar surface area (TPSA) is 115 Å². The number of fused-ring (bicyclic) bond motifs is 1. The van der Waals surface area contributed by atoms with Crippen molar-refractivity contribution in [1.29, 1.82) is 0 Å². The van der Waals surface area contributed by atoms with E-state index in [0.29, 0.717) is 24.3 Å². The molecular formula is C30H34IN3O5. The van der Waals surface area contributed by atoms with E-state index in [-0.39, 0.29) is 37.3 Å². The van der Waals surface area contributed by atoms with Gasteiger partial charge in [0.1, 0.15) is 18.0 Å². The van der Waals surface area contributed by atoms with Gasteiger partial charge in [0.25, 0.3) is 0 Å². The van der Waals surface area contributed by atoms with Gasteiger partial charge in [-0.2, -0.15) is 0 Å². The second-order valence-electron chi connectivity index (χ2n) is 10.2. The number of aromatic nitrogens is 1. The highest BCUT2D eigenvalue weighted by Gasteiger charge is 2.42. The van der Waals surface area contributed by atoms with Gasteiger partial charge < -0.3 is 30.2 Å². The number of carbonyl (C=O) groups is 2. The van der Waals surface area contributed by atoms with Crippen LogP contribution in [0.5, 0.6) is 5.75 Å². The third-order valence-corrected chi connectivity index (χ3v) is 8.55. The summed E-state index contributed by atoms with van der Waals surface area (Å²) in [7, 11) is 0. The number of rotatable bonds is 10. The Morgan fingerprint density at radius 1 is 1.13 bits per heavy atom. The lowest BCUT2D eigenvalue weighted by molar-refractivity contribution is -0.145. The Bertz CT molecular complexity index is 1320. The predicted molar refractivity (Wildman–Crippen MR) is 157 cm³/mol. The van der Waals surface area contributed by atoms with Crippen LogP contribution < -0.4 is 10.1 Å².